The number of hydrogen-bond acceptors (Lipinski definition) is 4. The summed E-state index contributed by atoms with van der Waals surface area (Å²) < 4.78 is 5.49. The first-order valence-corrected chi connectivity index (χ1v) is 5.74. The number of benzene rings is 2. The molecule has 0 atom stereocenters. The van der Waals surface area contributed by atoms with E-state index >= 15 is 0 Å². The molecule has 20 heavy (non-hydrogen) atoms. The standard InChI is InChI=1S/C14H11NO5/c1-9-4-2-3-5-12(9)20-13-8-10(14(16)17)6-7-11(13)15(18)19/h2-8H,1H3,(H,16,17). The van der Waals surface area contributed by atoms with Crippen LogP contribution in [0.4, 0.5) is 5.69 Å². The van der Waals surface area contributed by atoms with E-state index in [2.05, 4.69) is 0 Å². The first-order valence-electron chi connectivity index (χ1n) is 5.74. The van der Waals surface area contributed by atoms with E-state index in [9.17, 15) is 14.9 Å². The van der Waals surface area contributed by atoms with Gasteiger partial charge in [-0.1, -0.05) is 18.2 Å². The van der Waals surface area contributed by atoms with Crippen molar-refractivity contribution in [1.29, 1.82) is 0 Å². The number of nitro benzene ring substituents is 1. The number of carboxylic acids is 1. The number of ether oxygens (including phenoxy) is 1. The highest BCUT2D eigenvalue weighted by molar-refractivity contribution is 5.88. The molecule has 102 valence electrons. The fraction of sp³-hybridized carbons (Fsp3) is 0.0714. The van der Waals surface area contributed by atoms with E-state index in [0.717, 1.165) is 17.7 Å². The Bertz CT molecular complexity index is 681. The van der Waals surface area contributed by atoms with E-state index in [1.54, 1.807) is 25.1 Å². The number of nitro groups is 1. The normalized spacial score (nSPS) is 10.1. The monoisotopic (exact) mass is 273 g/mol. The van der Waals surface area contributed by atoms with E-state index in [0.29, 0.717) is 5.75 Å². The molecule has 0 aliphatic rings. The predicted molar refractivity (Wildman–Crippen MR) is 71.3 cm³/mol. The number of rotatable bonds is 4. The van der Waals surface area contributed by atoms with Crippen LogP contribution in [0.1, 0.15) is 15.9 Å². The maximum absolute atomic E-state index is 11.0. The third-order valence-electron chi connectivity index (χ3n) is 2.72. The van der Waals surface area contributed by atoms with Crippen LogP contribution in [0, 0.1) is 17.0 Å². The van der Waals surface area contributed by atoms with Gasteiger partial charge in [-0.25, -0.2) is 4.79 Å². The van der Waals surface area contributed by atoms with Crippen molar-refractivity contribution < 1.29 is 19.6 Å². The maximum Gasteiger partial charge on any atom is 0.335 e. The fourth-order valence-corrected chi connectivity index (χ4v) is 1.67. The van der Waals surface area contributed by atoms with Gasteiger partial charge in [0, 0.05) is 12.1 Å². The van der Waals surface area contributed by atoms with E-state index < -0.39 is 10.9 Å². The third kappa shape index (κ3) is 2.74. The minimum atomic E-state index is -1.17. The van der Waals surface area contributed by atoms with Crippen molar-refractivity contribution in [2.24, 2.45) is 0 Å². The lowest BCUT2D eigenvalue weighted by Crippen LogP contribution is -2.00. The lowest BCUT2D eigenvalue weighted by atomic mass is 10.2. The number of aryl methyl sites for hydroxylation is 1. The van der Waals surface area contributed by atoms with Crippen LogP contribution < -0.4 is 4.74 Å². The maximum atomic E-state index is 11.0. The average molecular weight is 273 g/mol. The van der Waals surface area contributed by atoms with Crippen molar-refractivity contribution in [2.75, 3.05) is 0 Å². The Hall–Kier alpha value is -2.89. The molecule has 0 fully saturated rings. The van der Waals surface area contributed by atoms with Gasteiger partial charge in [-0.3, -0.25) is 10.1 Å². The van der Waals surface area contributed by atoms with Crippen molar-refractivity contribution in [3.8, 4) is 11.5 Å². The van der Waals surface area contributed by atoms with Crippen LogP contribution >= 0.6 is 0 Å². The van der Waals surface area contributed by atoms with E-state index in [1.807, 2.05) is 6.07 Å². The van der Waals surface area contributed by atoms with Gasteiger partial charge in [-0.05, 0) is 24.6 Å². The number of hydrogen-bond donors (Lipinski definition) is 1. The molecule has 0 spiro atoms. The van der Waals surface area contributed by atoms with Gasteiger partial charge < -0.3 is 9.84 Å². The summed E-state index contributed by atoms with van der Waals surface area (Å²) in [6.07, 6.45) is 0. The molecule has 0 saturated carbocycles. The predicted octanol–water partition coefficient (Wildman–Crippen LogP) is 3.39. The van der Waals surface area contributed by atoms with Crippen molar-refractivity contribution >= 4 is 11.7 Å². The molecule has 0 saturated heterocycles. The van der Waals surface area contributed by atoms with Crippen LogP contribution in [-0.4, -0.2) is 16.0 Å². The Morgan fingerprint density at radius 2 is 1.90 bits per heavy atom. The van der Waals surface area contributed by atoms with Gasteiger partial charge >= 0.3 is 11.7 Å². The molecule has 6 nitrogen and oxygen atoms in total. The number of aromatic carboxylic acids is 1. The summed E-state index contributed by atoms with van der Waals surface area (Å²) in [7, 11) is 0. The second kappa shape index (κ2) is 5.40. The summed E-state index contributed by atoms with van der Waals surface area (Å²) in [6.45, 7) is 1.79. The van der Waals surface area contributed by atoms with Crippen molar-refractivity contribution in [1.82, 2.24) is 0 Å². The van der Waals surface area contributed by atoms with Crippen LogP contribution in [-0.2, 0) is 0 Å². The number of nitrogens with zero attached hydrogens (tertiary/aromatic N) is 1. The van der Waals surface area contributed by atoms with Gasteiger partial charge in [0.05, 0.1) is 10.5 Å². The highest BCUT2D eigenvalue weighted by Crippen LogP contribution is 2.33. The molecule has 0 aliphatic heterocycles. The largest absolute Gasteiger partial charge is 0.478 e. The Morgan fingerprint density at radius 3 is 2.50 bits per heavy atom. The van der Waals surface area contributed by atoms with Crippen LogP contribution in [0.5, 0.6) is 11.5 Å². The smallest absolute Gasteiger partial charge is 0.335 e. The van der Waals surface area contributed by atoms with Gasteiger partial charge in [0.1, 0.15) is 5.75 Å². The molecule has 0 bridgehead atoms. The van der Waals surface area contributed by atoms with Gasteiger partial charge in [-0.2, -0.15) is 0 Å². The van der Waals surface area contributed by atoms with Crippen LogP contribution in [0.2, 0.25) is 0 Å². The van der Waals surface area contributed by atoms with Gasteiger partial charge in [0.2, 0.25) is 5.75 Å². The molecule has 0 unspecified atom stereocenters. The molecule has 0 aliphatic carbocycles. The molecule has 2 aromatic carbocycles. The summed E-state index contributed by atoms with van der Waals surface area (Å²) in [5.74, 6) is -0.822. The van der Waals surface area contributed by atoms with E-state index in [-0.39, 0.29) is 17.0 Å². The lowest BCUT2D eigenvalue weighted by Gasteiger charge is -2.09. The second-order valence-corrected chi connectivity index (χ2v) is 4.11. The topological polar surface area (TPSA) is 89.7 Å². The zero-order valence-corrected chi connectivity index (χ0v) is 10.6. The summed E-state index contributed by atoms with van der Waals surface area (Å²) in [6, 6.07) is 10.4. The van der Waals surface area contributed by atoms with Crippen molar-refractivity contribution in [3.63, 3.8) is 0 Å². The molecular weight excluding hydrogens is 262 g/mol. The molecule has 1 N–H and O–H groups in total. The molecule has 2 aromatic rings. The highest BCUT2D eigenvalue weighted by atomic mass is 16.6. The summed E-state index contributed by atoms with van der Waals surface area (Å²) in [5, 5.41) is 19.9. The van der Waals surface area contributed by atoms with E-state index in [4.69, 9.17) is 9.84 Å². The van der Waals surface area contributed by atoms with Crippen LogP contribution in [0.25, 0.3) is 0 Å². The minimum Gasteiger partial charge on any atom is -0.478 e. The van der Waals surface area contributed by atoms with Gasteiger partial charge in [0.25, 0.3) is 0 Å². The number of para-hydroxylation sites is 1. The average Bonchev–Trinajstić information content (AvgIpc) is 2.41. The zero-order valence-electron chi connectivity index (χ0n) is 10.6. The number of carboxylic acid groups (broad SMARTS) is 1. The van der Waals surface area contributed by atoms with Crippen molar-refractivity contribution in [3.05, 3.63) is 63.7 Å². The molecule has 6 heteroatoms. The lowest BCUT2D eigenvalue weighted by molar-refractivity contribution is -0.385. The Labute approximate surface area is 114 Å². The Kier molecular flexibility index (Phi) is 3.65. The van der Waals surface area contributed by atoms with Crippen LogP contribution in [0.15, 0.2) is 42.5 Å². The van der Waals surface area contributed by atoms with Crippen molar-refractivity contribution in [2.45, 2.75) is 6.92 Å². The van der Waals surface area contributed by atoms with Gasteiger partial charge in [-0.15, -0.1) is 0 Å². The molecule has 0 radical (unpaired) electrons. The van der Waals surface area contributed by atoms with Crippen LogP contribution in [0.3, 0.4) is 0 Å². The highest BCUT2D eigenvalue weighted by Gasteiger charge is 2.19. The molecular formula is C14H11NO5. The van der Waals surface area contributed by atoms with E-state index in [1.165, 1.54) is 6.07 Å². The first kappa shape index (κ1) is 13.5. The quantitative estimate of drug-likeness (QED) is 0.681. The Morgan fingerprint density at radius 1 is 1.20 bits per heavy atom. The summed E-state index contributed by atoms with van der Waals surface area (Å²) in [5.41, 5.74) is 0.444. The summed E-state index contributed by atoms with van der Waals surface area (Å²) in [4.78, 5) is 21.3. The zero-order chi connectivity index (χ0) is 14.7. The molecule has 0 aromatic heterocycles. The SMILES string of the molecule is Cc1ccccc1Oc1cc(C(=O)O)ccc1[N+](=O)[O-]. The second-order valence-electron chi connectivity index (χ2n) is 4.11. The minimum absolute atomic E-state index is 0.0702. The Balaban J connectivity index is 2.48. The fourth-order valence-electron chi connectivity index (χ4n) is 1.67. The number of carbonyl (C=O) groups is 1. The molecule has 2 rings (SSSR count). The summed E-state index contributed by atoms with van der Waals surface area (Å²) >= 11 is 0. The molecule has 0 heterocycles. The molecule has 0 amide bonds. The third-order valence-corrected chi connectivity index (χ3v) is 2.72. The first-order chi connectivity index (χ1) is 9.49. The van der Waals surface area contributed by atoms with Gasteiger partial charge in [0.15, 0.2) is 0 Å².